The standard InChI is InChI=1S/C10H18N2O2S/c1-9(6-12)7-15(13,14)8-10(2-3-10)4-5-11/h9H,2-4,6-8,12H2,1H3. The predicted octanol–water partition coefficient (Wildman–Crippen LogP) is 0.690. The molecule has 1 fully saturated rings. The number of nitrogens with zero attached hydrogens (tertiary/aromatic N) is 1. The first kappa shape index (κ1) is 12.5. The van der Waals surface area contributed by atoms with Crippen molar-refractivity contribution < 1.29 is 8.42 Å². The smallest absolute Gasteiger partial charge is 0.151 e. The minimum Gasteiger partial charge on any atom is -0.330 e. The van der Waals surface area contributed by atoms with Gasteiger partial charge in [0.2, 0.25) is 0 Å². The highest BCUT2D eigenvalue weighted by molar-refractivity contribution is 7.91. The summed E-state index contributed by atoms with van der Waals surface area (Å²) in [7, 11) is -3.04. The van der Waals surface area contributed by atoms with Gasteiger partial charge in [-0.3, -0.25) is 0 Å². The van der Waals surface area contributed by atoms with Crippen molar-refractivity contribution in [3.8, 4) is 6.07 Å². The van der Waals surface area contributed by atoms with Crippen molar-refractivity contribution in [3.63, 3.8) is 0 Å². The maximum absolute atomic E-state index is 11.8. The second kappa shape index (κ2) is 4.50. The van der Waals surface area contributed by atoms with Gasteiger partial charge in [-0.05, 0) is 30.7 Å². The molecule has 0 aliphatic heterocycles. The molecule has 1 atom stereocenters. The van der Waals surface area contributed by atoms with E-state index >= 15 is 0 Å². The summed E-state index contributed by atoms with van der Waals surface area (Å²) in [5.41, 5.74) is 5.18. The van der Waals surface area contributed by atoms with Gasteiger partial charge in [0.1, 0.15) is 0 Å². The molecule has 0 saturated heterocycles. The molecule has 1 aliphatic carbocycles. The molecule has 0 radical (unpaired) electrons. The van der Waals surface area contributed by atoms with Gasteiger partial charge >= 0.3 is 0 Å². The van der Waals surface area contributed by atoms with Crippen LogP contribution in [0.1, 0.15) is 26.2 Å². The van der Waals surface area contributed by atoms with Crippen LogP contribution in [0, 0.1) is 22.7 Å². The van der Waals surface area contributed by atoms with Crippen LogP contribution in [0.2, 0.25) is 0 Å². The summed E-state index contributed by atoms with van der Waals surface area (Å²) in [5, 5.41) is 8.60. The van der Waals surface area contributed by atoms with Crippen LogP contribution in [0.3, 0.4) is 0 Å². The van der Waals surface area contributed by atoms with E-state index in [1.807, 2.05) is 6.92 Å². The van der Waals surface area contributed by atoms with Crippen LogP contribution < -0.4 is 5.73 Å². The van der Waals surface area contributed by atoms with Crippen LogP contribution in [0.25, 0.3) is 0 Å². The molecule has 0 aromatic heterocycles. The number of hydrogen-bond donors (Lipinski definition) is 1. The van der Waals surface area contributed by atoms with Gasteiger partial charge in [0, 0.05) is 6.42 Å². The van der Waals surface area contributed by atoms with Gasteiger partial charge in [-0.2, -0.15) is 5.26 Å². The van der Waals surface area contributed by atoms with Gasteiger partial charge in [-0.1, -0.05) is 6.92 Å². The number of nitrogens with two attached hydrogens (primary N) is 1. The highest BCUT2D eigenvalue weighted by Gasteiger charge is 2.45. The van der Waals surface area contributed by atoms with E-state index in [0.29, 0.717) is 13.0 Å². The number of hydrogen-bond acceptors (Lipinski definition) is 4. The van der Waals surface area contributed by atoms with Crippen LogP contribution >= 0.6 is 0 Å². The lowest BCUT2D eigenvalue weighted by atomic mass is 10.1. The van der Waals surface area contributed by atoms with Gasteiger partial charge in [-0.15, -0.1) is 0 Å². The summed E-state index contributed by atoms with van der Waals surface area (Å²) in [6, 6.07) is 2.07. The summed E-state index contributed by atoms with van der Waals surface area (Å²) >= 11 is 0. The van der Waals surface area contributed by atoms with E-state index in [1.54, 1.807) is 0 Å². The van der Waals surface area contributed by atoms with Crippen LogP contribution in [0.5, 0.6) is 0 Å². The third-order valence-corrected chi connectivity index (χ3v) is 5.01. The van der Waals surface area contributed by atoms with Gasteiger partial charge in [0.25, 0.3) is 0 Å². The molecule has 1 saturated carbocycles. The molecule has 5 heteroatoms. The quantitative estimate of drug-likeness (QED) is 0.727. The Bertz CT molecular complexity index is 352. The fourth-order valence-corrected chi connectivity index (χ4v) is 4.19. The van der Waals surface area contributed by atoms with Crippen LogP contribution in [-0.2, 0) is 9.84 Å². The molecule has 0 bridgehead atoms. The van der Waals surface area contributed by atoms with E-state index in [-0.39, 0.29) is 22.8 Å². The van der Waals surface area contributed by atoms with Gasteiger partial charge in [-0.25, -0.2) is 8.42 Å². The Hall–Kier alpha value is -0.600. The van der Waals surface area contributed by atoms with E-state index in [2.05, 4.69) is 6.07 Å². The second-order valence-electron chi connectivity index (χ2n) is 4.73. The maximum Gasteiger partial charge on any atom is 0.151 e. The topological polar surface area (TPSA) is 84.0 Å². The zero-order chi connectivity index (χ0) is 11.5. The van der Waals surface area contributed by atoms with Crippen LogP contribution in [0.4, 0.5) is 0 Å². The fourth-order valence-electron chi connectivity index (χ4n) is 1.74. The van der Waals surface area contributed by atoms with E-state index in [9.17, 15) is 8.42 Å². The zero-order valence-corrected chi connectivity index (χ0v) is 9.89. The lowest BCUT2D eigenvalue weighted by Crippen LogP contribution is -2.26. The van der Waals surface area contributed by atoms with Crippen molar-refractivity contribution in [1.29, 1.82) is 5.26 Å². The first-order valence-corrected chi connectivity index (χ1v) is 7.03. The molecule has 0 spiro atoms. The molecular formula is C10H18N2O2S. The van der Waals surface area contributed by atoms with Crippen molar-refractivity contribution in [1.82, 2.24) is 0 Å². The maximum atomic E-state index is 11.8. The molecule has 0 aromatic rings. The van der Waals surface area contributed by atoms with Crippen molar-refractivity contribution in [3.05, 3.63) is 0 Å². The molecule has 15 heavy (non-hydrogen) atoms. The number of nitriles is 1. The average Bonchev–Trinajstić information content (AvgIpc) is 2.83. The van der Waals surface area contributed by atoms with E-state index in [0.717, 1.165) is 12.8 Å². The lowest BCUT2D eigenvalue weighted by Gasteiger charge is -2.14. The third-order valence-electron chi connectivity index (χ3n) is 2.88. The monoisotopic (exact) mass is 230 g/mol. The van der Waals surface area contributed by atoms with Gasteiger partial charge < -0.3 is 5.73 Å². The SMILES string of the molecule is CC(CN)CS(=O)(=O)CC1(CC#N)CC1. The Kier molecular flexibility index (Phi) is 3.74. The Morgan fingerprint density at radius 3 is 2.53 bits per heavy atom. The van der Waals surface area contributed by atoms with Crippen molar-refractivity contribution in [2.45, 2.75) is 26.2 Å². The first-order chi connectivity index (χ1) is 6.93. The minimum absolute atomic E-state index is 0.00730. The first-order valence-electron chi connectivity index (χ1n) is 5.20. The van der Waals surface area contributed by atoms with Gasteiger partial charge in [0.15, 0.2) is 9.84 Å². The summed E-state index contributed by atoms with van der Waals surface area (Å²) in [6.45, 7) is 2.23. The molecule has 1 unspecified atom stereocenters. The summed E-state index contributed by atoms with van der Waals surface area (Å²) in [6.07, 6.45) is 2.11. The zero-order valence-electron chi connectivity index (χ0n) is 9.07. The molecule has 4 nitrogen and oxygen atoms in total. The van der Waals surface area contributed by atoms with Gasteiger partial charge in [0.05, 0.1) is 17.6 Å². The molecule has 0 aromatic carbocycles. The number of rotatable bonds is 6. The van der Waals surface area contributed by atoms with E-state index in [1.165, 1.54) is 0 Å². The largest absolute Gasteiger partial charge is 0.330 e. The molecule has 0 amide bonds. The highest BCUT2D eigenvalue weighted by Crippen LogP contribution is 2.49. The molecule has 1 aliphatic rings. The van der Waals surface area contributed by atoms with Crippen molar-refractivity contribution in [2.24, 2.45) is 17.1 Å². The second-order valence-corrected chi connectivity index (χ2v) is 6.84. The summed E-state index contributed by atoms with van der Waals surface area (Å²) < 4.78 is 23.5. The Labute approximate surface area is 91.4 Å². The fraction of sp³-hybridized carbons (Fsp3) is 0.900. The van der Waals surface area contributed by atoms with Crippen molar-refractivity contribution >= 4 is 9.84 Å². The Morgan fingerprint density at radius 1 is 1.53 bits per heavy atom. The van der Waals surface area contributed by atoms with E-state index in [4.69, 9.17) is 11.0 Å². The minimum atomic E-state index is -3.04. The molecule has 0 heterocycles. The van der Waals surface area contributed by atoms with Crippen LogP contribution in [0.15, 0.2) is 0 Å². The predicted molar refractivity (Wildman–Crippen MR) is 58.8 cm³/mol. The molecule has 2 N–H and O–H groups in total. The number of sulfone groups is 1. The molecular weight excluding hydrogens is 212 g/mol. The Balaban J connectivity index is 2.54. The Morgan fingerprint density at radius 2 is 2.13 bits per heavy atom. The highest BCUT2D eigenvalue weighted by atomic mass is 32.2. The lowest BCUT2D eigenvalue weighted by molar-refractivity contribution is 0.536. The normalized spacial score (nSPS) is 20.6. The third kappa shape index (κ3) is 3.80. The summed E-state index contributed by atoms with van der Waals surface area (Å²) in [4.78, 5) is 0. The summed E-state index contributed by atoms with van der Waals surface area (Å²) in [5.74, 6) is 0.321. The van der Waals surface area contributed by atoms with E-state index < -0.39 is 9.84 Å². The van der Waals surface area contributed by atoms with Crippen molar-refractivity contribution in [2.75, 3.05) is 18.1 Å². The average molecular weight is 230 g/mol. The molecule has 86 valence electrons. The molecule has 1 rings (SSSR count). The van der Waals surface area contributed by atoms with Crippen LogP contribution in [-0.4, -0.2) is 26.5 Å².